The highest BCUT2D eigenvalue weighted by atomic mass is 79.9. The lowest BCUT2D eigenvalue weighted by molar-refractivity contribution is -0.384. The predicted molar refractivity (Wildman–Crippen MR) is 135 cm³/mol. The standard InChI is InChI=1S/C24H21Br2N3O7/c1-36-16-4-2-3-14(9-16)21(30)12-27(22(31)13-5-7-15(8-6-13)29(34)35)28-23(32)17-10-19(25)20(26)11-18(17)24(28)33/h2-9,17-20H,10-12H2,1H3/t17-,18-,19-,20+/m1/s1. The highest BCUT2D eigenvalue weighted by Crippen LogP contribution is 2.43. The third kappa shape index (κ3) is 4.92. The quantitative estimate of drug-likeness (QED) is 0.151. The van der Waals surface area contributed by atoms with Gasteiger partial charge in [0, 0.05) is 32.9 Å². The van der Waals surface area contributed by atoms with E-state index in [0.717, 1.165) is 22.2 Å². The first-order valence-electron chi connectivity index (χ1n) is 11.0. The van der Waals surface area contributed by atoms with Gasteiger partial charge in [0.25, 0.3) is 23.4 Å². The van der Waals surface area contributed by atoms with E-state index in [-0.39, 0.29) is 26.5 Å². The number of benzene rings is 2. The van der Waals surface area contributed by atoms with Crippen LogP contribution in [0.5, 0.6) is 5.75 Å². The molecule has 0 unspecified atom stereocenters. The predicted octanol–water partition coefficient (Wildman–Crippen LogP) is 3.77. The Morgan fingerprint density at radius 1 is 1.03 bits per heavy atom. The van der Waals surface area contributed by atoms with E-state index in [1.165, 1.54) is 31.4 Å². The fourth-order valence-electron chi connectivity index (χ4n) is 4.45. The van der Waals surface area contributed by atoms with Gasteiger partial charge in [-0.2, -0.15) is 5.01 Å². The minimum atomic E-state index is -0.799. The lowest BCUT2D eigenvalue weighted by atomic mass is 9.81. The molecule has 1 heterocycles. The molecule has 0 bridgehead atoms. The number of nitro groups is 1. The summed E-state index contributed by atoms with van der Waals surface area (Å²) in [7, 11) is 1.45. The number of rotatable bonds is 7. The minimum absolute atomic E-state index is 0.00810. The van der Waals surface area contributed by atoms with Gasteiger partial charge in [0.1, 0.15) is 12.3 Å². The van der Waals surface area contributed by atoms with Gasteiger partial charge in [-0.05, 0) is 37.1 Å². The summed E-state index contributed by atoms with van der Waals surface area (Å²) in [5.41, 5.74) is -0.00344. The molecule has 2 aromatic carbocycles. The van der Waals surface area contributed by atoms with Gasteiger partial charge in [-0.15, -0.1) is 0 Å². The van der Waals surface area contributed by atoms with E-state index in [4.69, 9.17) is 4.74 Å². The van der Waals surface area contributed by atoms with Crippen LogP contribution in [0.15, 0.2) is 48.5 Å². The van der Waals surface area contributed by atoms with E-state index in [0.29, 0.717) is 18.6 Å². The molecule has 0 aromatic heterocycles. The van der Waals surface area contributed by atoms with Gasteiger partial charge in [-0.3, -0.25) is 29.3 Å². The molecule has 2 aliphatic rings. The number of hydrogen-bond donors (Lipinski definition) is 0. The second-order valence-electron chi connectivity index (χ2n) is 8.53. The van der Waals surface area contributed by atoms with Gasteiger partial charge in [0.15, 0.2) is 5.78 Å². The number of methoxy groups -OCH3 is 1. The van der Waals surface area contributed by atoms with Crippen molar-refractivity contribution in [3.63, 3.8) is 0 Å². The monoisotopic (exact) mass is 621 g/mol. The van der Waals surface area contributed by atoms with Crippen LogP contribution in [0.2, 0.25) is 0 Å². The second kappa shape index (κ2) is 10.5. The Bertz CT molecular complexity index is 1210. The molecule has 36 heavy (non-hydrogen) atoms. The van der Waals surface area contributed by atoms with Crippen molar-refractivity contribution in [1.82, 2.24) is 10.0 Å². The Balaban J connectivity index is 1.70. The molecule has 4 rings (SSSR count). The zero-order valence-corrected chi connectivity index (χ0v) is 22.2. The van der Waals surface area contributed by atoms with E-state index in [9.17, 15) is 29.3 Å². The van der Waals surface area contributed by atoms with E-state index in [1.54, 1.807) is 12.1 Å². The summed E-state index contributed by atoms with van der Waals surface area (Å²) < 4.78 is 5.16. The number of Topliss-reactive ketones (excluding diaryl/α,β-unsaturated/α-hetero) is 1. The van der Waals surface area contributed by atoms with Crippen LogP contribution in [0, 0.1) is 22.0 Å². The molecule has 1 aliphatic heterocycles. The number of imide groups is 1. The highest BCUT2D eigenvalue weighted by molar-refractivity contribution is 9.12. The second-order valence-corrected chi connectivity index (χ2v) is 10.9. The van der Waals surface area contributed by atoms with Crippen LogP contribution >= 0.6 is 31.9 Å². The summed E-state index contributed by atoms with van der Waals surface area (Å²) in [6, 6.07) is 11.0. The molecule has 10 nitrogen and oxygen atoms in total. The summed E-state index contributed by atoms with van der Waals surface area (Å²) in [5, 5.41) is 12.6. The number of hydrogen-bond acceptors (Lipinski definition) is 7. The summed E-state index contributed by atoms with van der Waals surface area (Å²) in [5.74, 6) is -3.25. The molecule has 12 heteroatoms. The number of fused-ring (bicyclic) bond motifs is 1. The zero-order chi connectivity index (χ0) is 26.1. The van der Waals surface area contributed by atoms with Crippen molar-refractivity contribution in [3.8, 4) is 5.75 Å². The van der Waals surface area contributed by atoms with E-state index in [1.807, 2.05) is 0 Å². The van der Waals surface area contributed by atoms with Crippen LogP contribution in [0.4, 0.5) is 5.69 Å². The van der Waals surface area contributed by atoms with Gasteiger partial charge in [0.05, 0.1) is 23.9 Å². The lowest BCUT2D eigenvalue weighted by Gasteiger charge is -2.30. The molecule has 0 N–H and O–H groups in total. The first-order chi connectivity index (χ1) is 17.1. The molecular formula is C24H21Br2N3O7. The van der Waals surface area contributed by atoms with Crippen LogP contribution < -0.4 is 4.74 Å². The number of alkyl halides is 2. The van der Waals surface area contributed by atoms with Gasteiger partial charge in [-0.25, -0.2) is 5.01 Å². The molecule has 1 saturated carbocycles. The average Bonchev–Trinajstić information content (AvgIpc) is 3.11. The summed E-state index contributed by atoms with van der Waals surface area (Å²) in [6.45, 7) is -0.588. The van der Waals surface area contributed by atoms with Crippen LogP contribution in [-0.4, -0.2) is 61.8 Å². The molecular weight excluding hydrogens is 602 g/mol. The van der Waals surface area contributed by atoms with E-state index < -0.39 is 46.8 Å². The lowest BCUT2D eigenvalue weighted by Crippen LogP contribution is -2.52. The molecule has 1 aliphatic carbocycles. The third-order valence-corrected chi connectivity index (χ3v) is 9.11. The molecule has 4 atom stereocenters. The van der Waals surface area contributed by atoms with E-state index in [2.05, 4.69) is 31.9 Å². The van der Waals surface area contributed by atoms with Crippen molar-refractivity contribution in [2.45, 2.75) is 22.5 Å². The summed E-state index contributed by atoms with van der Waals surface area (Å²) in [4.78, 5) is 63.9. The number of non-ortho nitro benzene ring substituents is 1. The van der Waals surface area contributed by atoms with E-state index >= 15 is 0 Å². The van der Waals surface area contributed by atoms with Crippen LogP contribution in [0.3, 0.4) is 0 Å². The third-order valence-electron chi connectivity index (χ3n) is 6.37. The Morgan fingerprint density at radius 3 is 2.14 bits per heavy atom. The first kappa shape index (κ1) is 26.0. The van der Waals surface area contributed by atoms with Gasteiger partial charge in [0.2, 0.25) is 0 Å². The zero-order valence-electron chi connectivity index (χ0n) is 19.0. The van der Waals surface area contributed by atoms with Crippen molar-refractivity contribution >= 4 is 61.1 Å². The van der Waals surface area contributed by atoms with Crippen LogP contribution in [0.1, 0.15) is 33.6 Å². The molecule has 0 spiro atoms. The van der Waals surface area contributed by atoms with Crippen LogP contribution in [-0.2, 0) is 9.59 Å². The number of carbonyl (C=O) groups is 4. The molecule has 2 fully saturated rings. The molecule has 0 radical (unpaired) electrons. The molecule has 3 amide bonds. The number of amides is 3. The summed E-state index contributed by atoms with van der Waals surface area (Å²) >= 11 is 7.07. The number of halogens is 2. The fourth-order valence-corrected chi connectivity index (χ4v) is 5.68. The fraction of sp³-hybridized carbons (Fsp3) is 0.333. The van der Waals surface area contributed by atoms with Crippen molar-refractivity contribution in [2.24, 2.45) is 11.8 Å². The number of ether oxygens (including phenoxy) is 1. The number of hydrazine groups is 1. The average molecular weight is 623 g/mol. The SMILES string of the molecule is COc1cccc(C(=O)CN(C(=O)c2ccc([N+](=O)[O-])cc2)N2C(=O)[C@@H]3C[C@@H](Br)[C@@H](Br)C[C@H]3C2=O)c1. The van der Waals surface area contributed by atoms with Gasteiger partial charge >= 0.3 is 0 Å². The van der Waals surface area contributed by atoms with Crippen molar-refractivity contribution in [1.29, 1.82) is 0 Å². The highest BCUT2D eigenvalue weighted by Gasteiger charge is 2.54. The number of nitro benzene ring substituents is 1. The number of carbonyl (C=O) groups excluding carboxylic acids is 4. The molecule has 188 valence electrons. The van der Waals surface area contributed by atoms with Crippen molar-refractivity contribution in [3.05, 3.63) is 69.8 Å². The Labute approximate surface area is 222 Å². The number of ketones is 1. The van der Waals surface area contributed by atoms with Crippen LogP contribution in [0.25, 0.3) is 0 Å². The van der Waals surface area contributed by atoms with Crippen molar-refractivity contribution < 1.29 is 28.8 Å². The Morgan fingerprint density at radius 2 is 1.61 bits per heavy atom. The number of nitrogens with zero attached hydrogens (tertiary/aromatic N) is 3. The minimum Gasteiger partial charge on any atom is -0.497 e. The molecule has 2 aromatic rings. The normalized spacial score (nSPS) is 23.2. The summed E-state index contributed by atoms with van der Waals surface area (Å²) in [6.07, 6.45) is 0.788. The Hall–Kier alpha value is -3.12. The molecule has 1 saturated heterocycles. The van der Waals surface area contributed by atoms with Gasteiger partial charge < -0.3 is 4.74 Å². The maximum Gasteiger partial charge on any atom is 0.273 e. The Kier molecular flexibility index (Phi) is 7.55. The largest absolute Gasteiger partial charge is 0.497 e. The van der Waals surface area contributed by atoms with Crippen molar-refractivity contribution in [2.75, 3.05) is 13.7 Å². The maximum atomic E-state index is 13.5. The topological polar surface area (TPSA) is 127 Å². The first-order valence-corrected chi connectivity index (χ1v) is 12.8. The van der Waals surface area contributed by atoms with Gasteiger partial charge in [-0.1, -0.05) is 44.0 Å². The maximum absolute atomic E-state index is 13.5. The smallest absolute Gasteiger partial charge is 0.273 e.